The molecule has 1 amide bonds. The summed E-state index contributed by atoms with van der Waals surface area (Å²) in [5, 5.41) is 21.3. The summed E-state index contributed by atoms with van der Waals surface area (Å²) in [5.74, 6) is -1.97. The van der Waals surface area contributed by atoms with E-state index in [9.17, 15) is 19.8 Å². The van der Waals surface area contributed by atoms with Crippen molar-refractivity contribution in [2.24, 2.45) is 0 Å². The van der Waals surface area contributed by atoms with Gasteiger partial charge in [-0.05, 0) is 56.1 Å². The largest absolute Gasteiger partial charge is 0.506 e. The van der Waals surface area contributed by atoms with Crippen molar-refractivity contribution >= 4 is 50.2 Å². The van der Waals surface area contributed by atoms with E-state index in [4.69, 9.17) is 16.0 Å². The molecule has 0 saturated heterocycles. The molecule has 9 heteroatoms. The Balaban J connectivity index is 1.81. The van der Waals surface area contributed by atoms with Crippen LogP contribution in [0.4, 0.5) is 0 Å². The van der Waals surface area contributed by atoms with Crippen LogP contribution in [0.1, 0.15) is 22.2 Å². The number of phenols is 1. The van der Waals surface area contributed by atoms with E-state index in [1.165, 1.54) is 17.0 Å². The average molecular weight is 520 g/mol. The number of Topliss-reactive ketones (excluding diaryl/α,β-unsaturated/α-hetero) is 1. The Morgan fingerprint density at radius 2 is 1.94 bits per heavy atom. The number of ketones is 1. The predicted octanol–water partition coefficient (Wildman–Crippen LogP) is 4.69. The van der Waals surface area contributed by atoms with Crippen molar-refractivity contribution in [1.29, 1.82) is 0 Å². The lowest BCUT2D eigenvalue weighted by atomic mass is 9.95. The Morgan fingerprint density at radius 1 is 1.19 bits per heavy atom. The molecule has 2 heterocycles. The van der Waals surface area contributed by atoms with E-state index in [0.29, 0.717) is 23.1 Å². The first-order valence-corrected chi connectivity index (χ1v) is 11.0. The van der Waals surface area contributed by atoms with Crippen LogP contribution in [0.25, 0.3) is 11.0 Å². The Kier molecular flexibility index (Phi) is 6.03. The quantitative estimate of drug-likeness (QED) is 0.459. The van der Waals surface area contributed by atoms with Gasteiger partial charge in [-0.25, -0.2) is 0 Å². The van der Waals surface area contributed by atoms with Gasteiger partial charge in [0.25, 0.3) is 5.91 Å². The number of halogens is 2. The maximum atomic E-state index is 13.5. The van der Waals surface area contributed by atoms with E-state index in [1.807, 2.05) is 25.1 Å². The molecule has 0 fully saturated rings. The number of likely N-dealkylation sites (N-methyl/N-ethyl adjacent to an activating group) is 1. The van der Waals surface area contributed by atoms with E-state index in [2.05, 4.69) is 15.9 Å². The Hall–Kier alpha value is -2.81. The molecular weight excluding hydrogens is 500 g/mol. The molecule has 0 bridgehead atoms. The van der Waals surface area contributed by atoms with Gasteiger partial charge in [-0.2, -0.15) is 0 Å². The number of aromatic hydroxyl groups is 1. The molecular formula is C23H20BrClN2O5. The number of aliphatic hydroxyl groups is 1. The van der Waals surface area contributed by atoms with Crippen molar-refractivity contribution in [1.82, 2.24) is 9.80 Å². The van der Waals surface area contributed by atoms with E-state index >= 15 is 0 Å². The van der Waals surface area contributed by atoms with Crippen LogP contribution in [0, 0.1) is 0 Å². The highest BCUT2D eigenvalue weighted by Crippen LogP contribution is 2.41. The number of carbonyl (C=O) groups excluding carboxylic acids is 2. The molecule has 0 saturated carbocycles. The van der Waals surface area contributed by atoms with Crippen molar-refractivity contribution in [3.8, 4) is 5.75 Å². The number of rotatable bonds is 6. The molecule has 4 rings (SSSR count). The highest BCUT2D eigenvalue weighted by Gasteiger charge is 2.44. The average Bonchev–Trinajstić information content (AvgIpc) is 3.27. The zero-order chi connectivity index (χ0) is 23.2. The van der Waals surface area contributed by atoms with Crippen molar-refractivity contribution in [2.75, 3.05) is 27.2 Å². The highest BCUT2D eigenvalue weighted by atomic mass is 79.9. The molecule has 2 N–H and O–H groups in total. The lowest BCUT2D eigenvalue weighted by Crippen LogP contribution is -2.36. The fourth-order valence-electron chi connectivity index (χ4n) is 3.72. The Bertz CT molecular complexity index is 1270. The number of fused-ring (bicyclic) bond motifs is 1. The molecule has 1 aliphatic heterocycles. The summed E-state index contributed by atoms with van der Waals surface area (Å²) in [6, 6.07) is 10.5. The van der Waals surface area contributed by atoms with Crippen LogP contribution in [0.5, 0.6) is 5.75 Å². The standard InChI is InChI=1S/C23H20BrClN2O5/c1-26(2)7-8-27-20(12-3-5-16(28)15(25)10-12)19(22(30)23(27)31)21(29)18-11-13-9-14(24)4-6-17(13)32-18/h3-6,9-11,20,28,30H,7-8H2,1-2H3. The van der Waals surface area contributed by atoms with Crippen LogP contribution in [-0.4, -0.2) is 58.9 Å². The first-order valence-electron chi connectivity index (χ1n) is 9.78. The summed E-state index contributed by atoms with van der Waals surface area (Å²) in [5.41, 5.74) is 0.912. The molecule has 0 radical (unpaired) electrons. The second-order valence-electron chi connectivity index (χ2n) is 7.80. The summed E-state index contributed by atoms with van der Waals surface area (Å²) < 4.78 is 6.55. The van der Waals surface area contributed by atoms with Crippen molar-refractivity contribution < 1.29 is 24.2 Å². The van der Waals surface area contributed by atoms with Crippen molar-refractivity contribution in [3.05, 3.63) is 74.6 Å². The second-order valence-corrected chi connectivity index (χ2v) is 9.12. The predicted molar refractivity (Wildman–Crippen MR) is 124 cm³/mol. The Labute approximate surface area is 197 Å². The van der Waals surface area contributed by atoms with E-state index in [0.717, 1.165) is 4.47 Å². The molecule has 32 heavy (non-hydrogen) atoms. The second kappa shape index (κ2) is 8.61. The fourth-order valence-corrected chi connectivity index (χ4v) is 4.29. The number of phenolic OH excluding ortho intramolecular Hbond substituents is 1. The first kappa shape index (κ1) is 22.4. The number of amides is 1. The SMILES string of the molecule is CN(C)CCN1C(=O)C(O)=C(C(=O)c2cc3cc(Br)ccc3o2)C1c1ccc(O)c(Cl)c1. The van der Waals surface area contributed by atoms with Crippen molar-refractivity contribution in [3.63, 3.8) is 0 Å². The summed E-state index contributed by atoms with van der Waals surface area (Å²) >= 11 is 9.49. The van der Waals surface area contributed by atoms with Gasteiger partial charge in [-0.15, -0.1) is 0 Å². The summed E-state index contributed by atoms with van der Waals surface area (Å²) in [4.78, 5) is 29.7. The number of hydrogen-bond donors (Lipinski definition) is 2. The molecule has 166 valence electrons. The van der Waals surface area contributed by atoms with Crippen LogP contribution < -0.4 is 0 Å². The molecule has 7 nitrogen and oxygen atoms in total. The number of aliphatic hydroxyl groups excluding tert-OH is 1. The van der Waals surface area contributed by atoms with Gasteiger partial charge in [0.15, 0.2) is 11.5 Å². The molecule has 1 unspecified atom stereocenters. The van der Waals surface area contributed by atoms with E-state index in [1.54, 1.807) is 24.3 Å². The summed E-state index contributed by atoms with van der Waals surface area (Å²) in [7, 11) is 3.72. The number of furan rings is 1. The first-order chi connectivity index (χ1) is 15.2. The van der Waals surface area contributed by atoms with Crippen LogP contribution in [0.3, 0.4) is 0 Å². The van der Waals surface area contributed by atoms with Gasteiger partial charge in [0, 0.05) is 22.9 Å². The van der Waals surface area contributed by atoms with Gasteiger partial charge in [-0.3, -0.25) is 9.59 Å². The molecule has 0 aliphatic carbocycles. The normalized spacial score (nSPS) is 16.6. The van der Waals surface area contributed by atoms with Gasteiger partial charge in [-0.1, -0.05) is 33.6 Å². The highest BCUT2D eigenvalue weighted by molar-refractivity contribution is 9.10. The number of nitrogens with zero attached hydrogens (tertiary/aromatic N) is 2. The number of benzene rings is 2. The lowest BCUT2D eigenvalue weighted by Gasteiger charge is -2.28. The third-order valence-corrected chi connectivity index (χ3v) is 6.12. The minimum Gasteiger partial charge on any atom is -0.506 e. The minimum absolute atomic E-state index is 0.0109. The zero-order valence-corrected chi connectivity index (χ0v) is 19.6. The topological polar surface area (TPSA) is 94.2 Å². The minimum atomic E-state index is -0.881. The maximum Gasteiger partial charge on any atom is 0.290 e. The third kappa shape index (κ3) is 4.01. The van der Waals surface area contributed by atoms with Gasteiger partial charge in [0.05, 0.1) is 16.6 Å². The van der Waals surface area contributed by atoms with Crippen LogP contribution in [0.2, 0.25) is 5.02 Å². The van der Waals surface area contributed by atoms with Gasteiger partial charge in [0.2, 0.25) is 5.78 Å². The number of hydrogen-bond acceptors (Lipinski definition) is 6. The van der Waals surface area contributed by atoms with Crippen LogP contribution in [-0.2, 0) is 4.79 Å². The third-order valence-electron chi connectivity index (χ3n) is 5.33. The molecule has 0 spiro atoms. The van der Waals surface area contributed by atoms with Gasteiger partial charge >= 0.3 is 0 Å². The summed E-state index contributed by atoms with van der Waals surface area (Å²) in [6.07, 6.45) is 0. The molecule has 2 aromatic carbocycles. The monoisotopic (exact) mass is 518 g/mol. The molecule has 1 aliphatic rings. The van der Waals surface area contributed by atoms with E-state index in [-0.39, 0.29) is 28.7 Å². The van der Waals surface area contributed by atoms with Gasteiger partial charge < -0.3 is 24.4 Å². The smallest absolute Gasteiger partial charge is 0.290 e. The lowest BCUT2D eigenvalue weighted by molar-refractivity contribution is -0.129. The van der Waals surface area contributed by atoms with Crippen molar-refractivity contribution in [2.45, 2.75) is 6.04 Å². The number of carbonyl (C=O) groups is 2. The molecule has 3 aromatic rings. The maximum absolute atomic E-state index is 13.5. The summed E-state index contributed by atoms with van der Waals surface area (Å²) in [6.45, 7) is 0.782. The van der Waals surface area contributed by atoms with Crippen LogP contribution in [0.15, 0.2) is 62.7 Å². The van der Waals surface area contributed by atoms with Gasteiger partial charge in [0.1, 0.15) is 11.3 Å². The van der Waals surface area contributed by atoms with Crippen LogP contribution >= 0.6 is 27.5 Å². The Morgan fingerprint density at radius 3 is 2.62 bits per heavy atom. The zero-order valence-electron chi connectivity index (χ0n) is 17.3. The fraction of sp³-hybridized carbons (Fsp3) is 0.217. The molecule has 1 atom stereocenters. The molecule has 1 aromatic heterocycles. The van der Waals surface area contributed by atoms with E-state index < -0.39 is 23.5 Å².